The summed E-state index contributed by atoms with van der Waals surface area (Å²) in [7, 11) is 1.89. The number of aryl methyl sites for hydroxylation is 1. The average Bonchev–Trinajstić information content (AvgIpc) is 2.83. The van der Waals surface area contributed by atoms with Crippen molar-refractivity contribution in [3.63, 3.8) is 0 Å². The topological polar surface area (TPSA) is 42.7 Å². The number of nitrogens with zero attached hydrogens (tertiary/aromatic N) is 3. The molecule has 0 fully saturated rings. The normalized spacial score (nSPS) is 11.2. The van der Waals surface area contributed by atoms with Crippen molar-refractivity contribution in [2.45, 2.75) is 31.0 Å². The van der Waals surface area contributed by atoms with Crippen LogP contribution in [-0.2, 0) is 19.3 Å². The standard InChI is InChI=1S/C15H22N4S/c1-12(2)8-16-9-13-4-6-15(7-5-13)20-11-14-10-19(3)18-17-14/h4-7,10,12,16H,8-9,11H2,1-3H3. The number of rotatable bonds is 7. The Morgan fingerprint density at radius 1 is 1.25 bits per heavy atom. The largest absolute Gasteiger partial charge is 0.312 e. The minimum absolute atomic E-state index is 0.691. The molecule has 0 spiro atoms. The van der Waals surface area contributed by atoms with Gasteiger partial charge in [-0.3, -0.25) is 4.68 Å². The maximum atomic E-state index is 4.09. The van der Waals surface area contributed by atoms with E-state index < -0.39 is 0 Å². The molecule has 5 heteroatoms. The number of hydrogen-bond donors (Lipinski definition) is 1. The van der Waals surface area contributed by atoms with E-state index in [4.69, 9.17) is 0 Å². The third-order valence-electron chi connectivity index (χ3n) is 2.84. The Hall–Kier alpha value is -1.33. The SMILES string of the molecule is CC(C)CNCc1ccc(SCc2cn(C)nn2)cc1. The van der Waals surface area contributed by atoms with E-state index in [1.165, 1.54) is 10.5 Å². The van der Waals surface area contributed by atoms with E-state index in [0.717, 1.165) is 24.5 Å². The number of benzene rings is 1. The number of aromatic nitrogens is 3. The molecule has 0 saturated heterocycles. The van der Waals surface area contributed by atoms with Gasteiger partial charge in [-0.1, -0.05) is 31.2 Å². The van der Waals surface area contributed by atoms with Gasteiger partial charge in [0.2, 0.25) is 0 Å². The van der Waals surface area contributed by atoms with Gasteiger partial charge in [0.1, 0.15) is 0 Å². The van der Waals surface area contributed by atoms with Crippen LogP contribution in [-0.4, -0.2) is 21.5 Å². The summed E-state index contributed by atoms with van der Waals surface area (Å²) < 4.78 is 1.74. The first-order valence-corrected chi connectivity index (χ1v) is 7.89. The fourth-order valence-electron chi connectivity index (χ4n) is 1.83. The Morgan fingerprint density at radius 3 is 2.60 bits per heavy atom. The maximum Gasteiger partial charge on any atom is 0.0929 e. The predicted octanol–water partition coefficient (Wildman–Crippen LogP) is 2.85. The quantitative estimate of drug-likeness (QED) is 0.796. The van der Waals surface area contributed by atoms with Crippen molar-refractivity contribution in [2.24, 2.45) is 13.0 Å². The summed E-state index contributed by atoms with van der Waals surface area (Å²) in [5.41, 5.74) is 2.34. The monoisotopic (exact) mass is 290 g/mol. The lowest BCUT2D eigenvalue weighted by molar-refractivity contribution is 0.552. The Morgan fingerprint density at radius 2 is 2.00 bits per heavy atom. The zero-order valence-corrected chi connectivity index (χ0v) is 13.2. The minimum atomic E-state index is 0.691. The molecule has 20 heavy (non-hydrogen) atoms. The molecule has 2 aromatic rings. The number of hydrogen-bond acceptors (Lipinski definition) is 4. The molecule has 4 nitrogen and oxygen atoms in total. The van der Waals surface area contributed by atoms with Gasteiger partial charge in [0.15, 0.2) is 0 Å². The van der Waals surface area contributed by atoms with Crippen LogP contribution >= 0.6 is 11.8 Å². The molecule has 0 radical (unpaired) electrons. The van der Waals surface area contributed by atoms with E-state index in [2.05, 4.69) is 53.7 Å². The summed E-state index contributed by atoms with van der Waals surface area (Å²) in [4.78, 5) is 1.27. The summed E-state index contributed by atoms with van der Waals surface area (Å²) in [6.45, 7) is 6.44. The van der Waals surface area contributed by atoms with E-state index in [9.17, 15) is 0 Å². The van der Waals surface area contributed by atoms with Crippen molar-refractivity contribution in [1.29, 1.82) is 0 Å². The molecule has 1 aromatic heterocycles. The average molecular weight is 290 g/mol. The highest BCUT2D eigenvalue weighted by molar-refractivity contribution is 7.98. The van der Waals surface area contributed by atoms with Crippen LogP contribution in [0.3, 0.4) is 0 Å². The second-order valence-corrected chi connectivity index (χ2v) is 6.39. The summed E-state index contributed by atoms with van der Waals surface area (Å²) in [5, 5.41) is 11.5. The summed E-state index contributed by atoms with van der Waals surface area (Å²) in [5.74, 6) is 1.55. The molecule has 1 N–H and O–H groups in total. The zero-order valence-electron chi connectivity index (χ0n) is 12.3. The van der Waals surface area contributed by atoms with Gasteiger partial charge < -0.3 is 5.32 Å². The van der Waals surface area contributed by atoms with Gasteiger partial charge in [0.05, 0.1) is 5.69 Å². The first-order chi connectivity index (χ1) is 9.63. The number of thioether (sulfide) groups is 1. The van der Waals surface area contributed by atoms with Crippen LogP contribution in [0.2, 0.25) is 0 Å². The van der Waals surface area contributed by atoms with Crippen molar-refractivity contribution in [1.82, 2.24) is 20.3 Å². The van der Waals surface area contributed by atoms with Gasteiger partial charge in [-0.15, -0.1) is 16.9 Å². The van der Waals surface area contributed by atoms with E-state index >= 15 is 0 Å². The Labute approximate surface area is 125 Å². The van der Waals surface area contributed by atoms with Crippen molar-refractivity contribution >= 4 is 11.8 Å². The van der Waals surface area contributed by atoms with Crippen LogP contribution in [0, 0.1) is 5.92 Å². The molecule has 0 unspecified atom stereocenters. The summed E-state index contributed by atoms with van der Waals surface area (Å²) >= 11 is 1.79. The van der Waals surface area contributed by atoms with Gasteiger partial charge in [0.25, 0.3) is 0 Å². The second-order valence-electron chi connectivity index (χ2n) is 5.34. The van der Waals surface area contributed by atoms with Crippen LogP contribution in [0.15, 0.2) is 35.4 Å². The fraction of sp³-hybridized carbons (Fsp3) is 0.467. The molecule has 0 saturated carbocycles. The molecule has 108 valence electrons. The molecule has 1 aromatic carbocycles. The van der Waals surface area contributed by atoms with E-state index in [0.29, 0.717) is 5.92 Å². The molecule has 0 bridgehead atoms. The molecule has 2 rings (SSSR count). The molecule has 0 atom stereocenters. The highest BCUT2D eigenvalue weighted by Crippen LogP contribution is 2.22. The van der Waals surface area contributed by atoms with Gasteiger partial charge in [-0.25, -0.2) is 0 Å². The highest BCUT2D eigenvalue weighted by Gasteiger charge is 2.01. The lowest BCUT2D eigenvalue weighted by Crippen LogP contribution is -2.18. The summed E-state index contributed by atoms with van der Waals surface area (Å²) in [6, 6.07) is 8.72. The predicted molar refractivity (Wildman–Crippen MR) is 83.6 cm³/mol. The second kappa shape index (κ2) is 7.45. The van der Waals surface area contributed by atoms with Gasteiger partial charge in [0, 0.05) is 30.4 Å². The van der Waals surface area contributed by atoms with Gasteiger partial charge in [-0.2, -0.15) is 0 Å². The van der Waals surface area contributed by atoms with Crippen LogP contribution in [0.1, 0.15) is 25.1 Å². The molecule has 0 aliphatic heterocycles. The van der Waals surface area contributed by atoms with Gasteiger partial charge in [-0.05, 0) is 30.2 Å². The zero-order chi connectivity index (χ0) is 14.4. The van der Waals surface area contributed by atoms with Crippen molar-refractivity contribution < 1.29 is 0 Å². The van der Waals surface area contributed by atoms with E-state index in [1.807, 2.05) is 13.2 Å². The van der Waals surface area contributed by atoms with Crippen LogP contribution in [0.5, 0.6) is 0 Å². The molecular formula is C15H22N4S. The van der Waals surface area contributed by atoms with Crippen LogP contribution in [0.4, 0.5) is 0 Å². The number of nitrogens with one attached hydrogen (secondary N) is 1. The lowest BCUT2D eigenvalue weighted by Gasteiger charge is -2.08. The molecule has 0 aliphatic carbocycles. The minimum Gasteiger partial charge on any atom is -0.312 e. The third-order valence-corrected chi connectivity index (χ3v) is 3.89. The lowest BCUT2D eigenvalue weighted by atomic mass is 10.2. The van der Waals surface area contributed by atoms with Crippen molar-refractivity contribution in [3.8, 4) is 0 Å². The highest BCUT2D eigenvalue weighted by atomic mass is 32.2. The molecular weight excluding hydrogens is 268 g/mol. The first kappa shape index (κ1) is 15.1. The molecule has 0 aliphatic rings. The third kappa shape index (κ3) is 4.98. The van der Waals surface area contributed by atoms with Crippen molar-refractivity contribution in [3.05, 3.63) is 41.7 Å². The van der Waals surface area contributed by atoms with E-state index in [1.54, 1.807) is 16.4 Å². The van der Waals surface area contributed by atoms with E-state index in [-0.39, 0.29) is 0 Å². The summed E-state index contributed by atoms with van der Waals surface area (Å²) in [6.07, 6.45) is 1.96. The fourth-order valence-corrected chi connectivity index (χ4v) is 2.60. The Kier molecular flexibility index (Phi) is 5.61. The van der Waals surface area contributed by atoms with Gasteiger partial charge >= 0.3 is 0 Å². The first-order valence-electron chi connectivity index (χ1n) is 6.91. The Bertz CT molecular complexity index is 519. The van der Waals surface area contributed by atoms with Crippen LogP contribution < -0.4 is 5.32 Å². The molecule has 1 heterocycles. The Balaban J connectivity index is 1.79. The smallest absolute Gasteiger partial charge is 0.0929 e. The molecule has 0 amide bonds. The van der Waals surface area contributed by atoms with Crippen molar-refractivity contribution in [2.75, 3.05) is 6.54 Å². The maximum absolute atomic E-state index is 4.09. The van der Waals surface area contributed by atoms with Crippen LogP contribution in [0.25, 0.3) is 0 Å².